The Hall–Kier alpha value is -0.730. The van der Waals surface area contributed by atoms with E-state index in [1.165, 1.54) is 0 Å². The van der Waals surface area contributed by atoms with Crippen molar-refractivity contribution in [3.8, 4) is 0 Å². The zero-order valence-electron chi connectivity index (χ0n) is 9.67. The maximum Gasteiger partial charge on any atom is 0.410 e. The van der Waals surface area contributed by atoms with Crippen LogP contribution in [0.1, 0.15) is 40.5 Å². The van der Waals surface area contributed by atoms with Crippen LogP contribution in [-0.2, 0) is 4.74 Å². The van der Waals surface area contributed by atoms with E-state index in [0.717, 1.165) is 25.9 Å². The lowest BCUT2D eigenvalue weighted by Crippen LogP contribution is -2.33. The second kappa shape index (κ2) is 4.20. The van der Waals surface area contributed by atoms with Crippen molar-refractivity contribution in [1.82, 2.24) is 4.90 Å². The van der Waals surface area contributed by atoms with Crippen molar-refractivity contribution in [1.29, 1.82) is 0 Å². The summed E-state index contributed by atoms with van der Waals surface area (Å²) in [6.07, 6.45) is 1.98. The number of amides is 1. The van der Waals surface area contributed by atoms with Gasteiger partial charge in [0.1, 0.15) is 6.10 Å². The minimum Gasteiger partial charge on any atom is -0.446 e. The number of hydrogen-bond donors (Lipinski definition) is 0. The van der Waals surface area contributed by atoms with Crippen molar-refractivity contribution in [3.05, 3.63) is 0 Å². The predicted molar refractivity (Wildman–Crippen MR) is 56.2 cm³/mol. The van der Waals surface area contributed by atoms with E-state index in [2.05, 4.69) is 20.8 Å². The Morgan fingerprint density at radius 3 is 2.43 bits per heavy atom. The van der Waals surface area contributed by atoms with Gasteiger partial charge in [-0.05, 0) is 19.8 Å². The molecule has 1 fully saturated rings. The van der Waals surface area contributed by atoms with Crippen LogP contribution in [0.15, 0.2) is 0 Å². The van der Waals surface area contributed by atoms with Crippen molar-refractivity contribution >= 4 is 6.09 Å². The van der Waals surface area contributed by atoms with Crippen LogP contribution in [0.25, 0.3) is 0 Å². The molecule has 1 unspecified atom stereocenters. The molecule has 0 N–H and O–H groups in total. The predicted octanol–water partition coefficient (Wildman–Crippen LogP) is 2.65. The SMILES string of the molecule is CCCN(CC)C(=O)OC1CC1(C)C. The molecular formula is C11H21NO2. The molecule has 1 aliphatic carbocycles. The number of ether oxygens (including phenoxy) is 1. The van der Waals surface area contributed by atoms with Gasteiger partial charge in [0.05, 0.1) is 0 Å². The minimum atomic E-state index is -0.148. The first-order valence-electron chi connectivity index (χ1n) is 5.46. The van der Waals surface area contributed by atoms with Crippen molar-refractivity contribution in [2.45, 2.75) is 46.6 Å². The summed E-state index contributed by atoms with van der Waals surface area (Å²) in [6.45, 7) is 9.83. The highest BCUT2D eigenvalue weighted by Gasteiger charge is 2.49. The summed E-state index contributed by atoms with van der Waals surface area (Å²) >= 11 is 0. The van der Waals surface area contributed by atoms with Crippen LogP contribution in [-0.4, -0.2) is 30.2 Å². The molecule has 1 rings (SSSR count). The maximum atomic E-state index is 11.6. The molecular weight excluding hydrogens is 178 g/mol. The van der Waals surface area contributed by atoms with Crippen LogP contribution < -0.4 is 0 Å². The maximum absolute atomic E-state index is 11.6. The second-order valence-electron chi connectivity index (χ2n) is 4.64. The fraction of sp³-hybridized carbons (Fsp3) is 0.909. The third kappa shape index (κ3) is 2.63. The normalized spacial score (nSPS) is 23.0. The van der Waals surface area contributed by atoms with Gasteiger partial charge < -0.3 is 9.64 Å². The van der Waals surface area contributed by atoms with Gasteiger partial charge in [-0.2, -0.15) is 0 Å². The van der Waals surface area contributed by atoms with Gasteiger partial charge in [-0.15, -0.1) is 0 Å². The molecule has 14 heavy (non-hydrogen) atoms. The molecule has 0 saturated heterocycles. The number of rotatable bonds is 4. The first-order chi connectivity index (χ1) is 6.51. The van der Waals surface area contributed by atoms with Gasteiger partial charge in [0, 0.05) is 18.5 Å². The highest BCUT2D eigenvalue weighted by molar-refractivity contribution is 5.68. The van der Waals surface area contributed by atoms with Crippen molar-refractivity contribution < 1.29 is 9.53 Å². The molecule has 1 amide bonds. The van der Waals surface area contributed by atoms with E-state index in [1.807, 2.05) is 6.92 Å². The summed E-state index contributed by atoms with van der Waals surface area (Å²) in [5.41, 5.74) is 0.210. The molecule has 1 atom stereocenters. The number of hydrogen-bond acceptors (Lipinski definition) is 2. The zero-order valence-corrected chi connectivity index (χ0v) is 9.67. The Labute approximate surface area is 86.4 Å². The topological polar surface area (TPSA) is 29.5 Å². The molecule has 0 aromatic heterocycles. The molecule has 82 valence electrons. The molecule has 0 aromatic carbocycles. The van der Waals surface area contributed by atoms with Gasteiger partial charge >= 0.3 is 6.09 Å². The first-order valence-corrected chi connectivity index (χ1v) is 5.46. The third-order valence-corrected chi connectivity index (χ3v) is 2.80. The fourth-order valence-electron chi connectivity index (χ4n) is 1.46. The highest BCUT2D eigenvalue weighted by atomic mass is 16.6. The molecule has 1 aliphatic rings. The van der Waals surface area contributed by atoms with E-state index in [9.17, 15) is 4.79 Å². The number of nitrogens with zero attached hydrogens (tertiary/aromatic N) is 1. The summed E-state index contributed by atoms with van der Waals surface area (Å²) in [6, 6.07) is 0. The Kier molecular flexibility index (Phi) is 3.40. The van der Waals surface area contributed by atoms with Crippen LogP contribution >= 0.6 is 0 Å². The van der Waals surface area contributed by atoms with E-state index in [0.29, 0.717) is 0 Å². The molecule has 0 aliphatic heterocycles. The molecule has 3 heteroatoms. The lowest BCUT2D eigenvalue weighted by Gasteiger charge is -2.19. The van der Waals surface area contributed by atoms with E-state index < -0.39 is 0 Å². The van der Waals surface area contributed by atoms with Gasteiger partial charge in [0.15, 0.2) is 0 Å². The molecule has 0 spiro atoms. The molecule has 3 nitrogen and oxygen atoms in total. The van der Waals surface area contributed by atoms with Crippen LogP contribution in [0.4, 0.5) is 4.79 Å². The highest BCUT2D eigenvalue weighted by Crippen LogP contribution is 2.47. The van der Waals surface area contributed by atoms with Crippen LogP contribution in [0, 0.1) is 5.41 Å². The summed E-state index contributed by atoms with van der Waals surface area (Å²) in [4.78, 5) is 13.4. The zero-order chi connectivity index (χ0) is 10.8. The smallest absolute Gasteiger partial charge is 0.410 e. The van der Waals surface area contributed by atoms with Gasteiger partial charge in [0.2, 0.25) is 0 Å². The molecule has 0 radical (unpaired) electrons. The van der Waals surface area contributed by atoms with Gasteiger partial charge in [0.25, 0.3) is 0 Å². The summed E-state index contributed by atoms with van der Waals surface area (Å²) < 4.78 is 5.37. The number of carbonyl (C=O) groups is 1. The van der Waals surface area contributed by atoms with Crippen LogP contribution in [0.3, 0.4) is 0 Å². The lowest BCUT2D eigenvalue weighted by atomic mass is 10.2. The molecule has 0 bridgehead atoms. The average Bonchev–Trinajstić information content (AvgIpc) is 2.69. The van der Waals surface area contributed by atoms with Gasteiger partial charge in [-0.1, -0.05) is 20.8 Å². The van der Waals surface area contributed by atoms with E-state index in [-0.39, 0.29) is 17.6 Å². The standard InChI is InChI=1S/C11H21NO2/c1-5-7-12(6-2)10(13)14-9-8-11(9,3)4/h9H,5-8H2,1-4H3. The van der Waals surface area contributed by atoms with Crippen molar-refractivity contribution in [2.24, 2.45) is 5.41 Å². The Balaban J connectivity index is 2.33. The van der Waals surface area contributed by atoms with Crippen LogP contribution in [0.2, 0.25) is 0 Å². The van der Waals surface area contributed by atoms with E-state index in [1.54, 1.807) is 4.90 Å². The number of carbonyl (C=O) groups excluding carboxylic acids is 1. The Bertz CT molecular complexity index is 213. The van der Waals surface area contributed by atoms with Crippen LogP contribution in [0.5, 0.6) is 0 Å². The largest absolute Gasteiger partial charge is 0.446 e. The van der Waals surface area contributed by atoms with Gasteiger partial charge in [-0.25, -0.2) is 4.79 Å². The average molecular weight is 199 g/mol. The van der Waals surface area contributed by atoms with E-state index in [4.69, 9.17) is 4.74 Å². The first kappa shape index (κ1) is 11.3. The monoisotopic (exact) mass is 199 g/mol. The van der Waals surface area contributed by atoms with Crippen molar-refractivity contribution in [3.63, 3.8) is 0 Å². The molecule has 1 saturated carbocycles. The minimum absolute atomic E-state index is 0.140. The Morgan fingerprint density at radius 1 is 1.50 bits per heavy atom. The third-order valence-electron chi connectivity index (χ3n) is 2.80. The lowest BCUT2D eigenvalue weighted by molar-refractivity contribution is 0.0871. The fourth-order valence-corrected chi connectivity index (χ4v) is 1.46. The summed E-state index contributed by atoms with van der Waals surface area (Å²) in [7, 11) is 0. The van der Waals surface area contributed by atoms with Gasteiger partial charge in [-0.3, -0.25) is 0 Å². The van der Waals surface area contributed by atoms with E-state index >= 15 is 0 Å². The summed E-state index contributed by atoms with van der Waals surface area (Å²) in [5, 5.41) is 0. The van der Waals surface area contributed by atoms with Crippen molar-refractivity contribution in [2.75, 3.05) is 13.1 Å². The summed E-state index contributed by atoms with van der Waals surface area (Å²) in [5.74, 6) is 0. The molecule has 0 aromatic rings. The second-order valence-corrected chi connectivity index (χ2v) is 4.64. The quantitative estimate of drug-likeness (QED) is 0.696. The molecule has 0 heterocycles. The Morgan fingerprint density at radius 2 is 2.07 bits per heavy atom.